The Morgan fingerprint density at radius 2 is 2.44 bits per heavy atom. The van der Waals surface area contributed by atoms with E-state index in [0.29, 0.717) is 19.0 Å². The maximum absolute atomic E-state index is 8.82. The normalized spacial score (nSPS) is 20.6. The van der Waals surface area contributed by atoms with E-state index in [9.17, 15) is 0 Å². The van der Waals surface area contributed by atoms with Crippen molar-refractivity contribution in [2.24, 2.45) is 0 Å². The average Bonchev–Trinajstić information content (AvgIpc) is 2.28. The third-order valence-electron chi connectivity index (χ3n) is 2.33. The number of aromatic nitrogens is 2. The number of ether oxygens (including phenoxy) is 1. The number of halogens is 1. The summed E-state index contributed by atoms with van der Waals surface area (Å²) >= 11 is 3.34. The van der Waals surface area contributed by atoms with Crippen LogP contribution < -0.4 is 4.90 Å². The molecule has 84 valence electrons. The van der Waals surface area contributed by atoms with Crippen LogP contribution in [0.1, 0.15) is 5.82 Å². The molecule has 6 heteroatoms. The van der Waals surface area contributed by atoms with E-state index in [1.165, 1.54) is 0 Å². The zero-order valence-electron chi connectivity index (χ0n) is 8.85. The van der Waals surface area contributed by atoms with E-state index in [1.54, 1.807) is 0 Å². The van der Waals surface area contributed by atoms with E-state index in [0.717, 1.165) is 17.0 Å². The van der Waals surface area contributed by atoms with Crippen molar-refractivity contribution in [3.8, 4) is 6.07 Å². The Kier molecular flexibility index (Phi) is 3.36. The quantitative estimate of drug-likeness (QED) is 0.726. The highest BCUT2D eigenvalue weighted by molar-refractivity contribution is 9.10. The molecule has 0 aromatic carbocycles. The van der Waals surface area contributed by atoms with E-state index in [4.69, 9.17) is 10.00 Å². The van der Waals surface area contributed by atoms with Gasteiger partial charge in [-0.2, -0.15) is 5.26 Å². The van der Waals surface area contributed by atoms with Crippen molar-refractivity contribution in [1.82, 2.24) is 9.97 Å². The molecule has 1 fully saturated rings. The first kappa shape index (κ1) is 11.3. The summed E-state index contributed by atoms with van der Waals surface area (Å²) in [6.07, 6.45) is -0.372. The van der Waals surface area contributed by atoms with Gasteiger partial charge in [-0.25, -0.2) is 9.97 Å². The fourth-order valence-electron chi connectivity index (χ4n) is 1.61. The van der Waals surface area contributed by atoms with Gasteiger partial charge in [0.1, 0.15) is 16.2 Å². The Morgan fingerprint density at radius 1 is 1.62 bits per heavy atom. The largest absolute Gasteiger partial charge is 0.360 e. The van der Waals surface area contributed by atoms with E-state index in [-0.39, 0.29) is 6.10 Å². The van der Waals surface area contributed by atoms with Crippen molar-refractivity contribution in [3.63, 3.8) is 0 Å². The lowest BCUT2D eigenvalue weighted by Gasteiger charge is -2.30. The topological polar surface area (TPSA) is 62.0 Å². The van der Waals surface area contributed by atoms with Gasteiger partial charge in [-0.15, -0.1) is 0 Å². The van der Waals surface area contributed by atoms with Gasteiger partial charge in [0.05, 0.1) is 19.2 Å². The van der Waals surface area contributed by atoms with Crippen LogP contribution in [0.15, 0.2) is 10.7 Å². The van der Waals surface area contributed by atoms with Gasteiger partial charge < -0.3 is 9.64 Å². The highest BCUT2D eigenvalue weighted by Crippen LogP contribution is 2.18. The van der Waals surface area contributed by atoms with Gasteiger partial charge in [0, 0.05) is 12.6 Å². The molecule has 16 heavy (non-hydrogen) atoms. The molecule has 2 heterocycles. The minimum absolute atomic E-state index is 0.372. The Morgan fingerprint density at radius 3 is 3.12 bits per heavy atom. The van der Waals surface area contributed by atoms with E-state index in [1.807, 2.05) is 17.9 Å². The summed E-state index contributed by atoms with van der Waals surface area (Å²) < 4.78 is 6.04. The maximum Gasteiger partial charge on any atom is 0.161 e. The van der Waals surface area contributed by atoms with Crippen molar-refractivity contribution >= 4 is 21.7 Å². The molecule has 0 amide bonds. The molecule has 2 rings (SSSR count). The van der Waals surface area contributed by atoms with Gasteiger partial charge in [-0.3, -0.25) is 0 Å². The standard InChI is InChI=1S/C10H11BrN4O/c1-7-13-9(11)4-10(14-7)15-2-3-16-8(5-12)6-15/h4,8H,2-3,6H2,1H3. The van der Waals surface area contributed by atoms with Crippen LogP contribution in [-0.4, -0.2) is 35.8 Å². The van der Waals surface area contributed by atoms with E-state index >= 15 is 0 Å². The van der Waals surface area contributed by atoms with E-state index in [2.05, 4.69) is 32.0 Å². The second-order valence-electron chi connectivity index (χ2n) is 3.53. The van der Waals surface area contributed by atoms with Crippen LogP contribution in [0.3, 0.4) is 0 Å². The Bertz CT molecular complexity index is 411. The summed E-state index contributed by atoms with van der Waals surface area (Å²) in [5, 5.41) is 8.82. The first-order valence-corrected chi connectivity index (χ1v) is 5.75. The molecule has 0 saturated carbocycles. The molecule has 0 aliphatic carbocycles. The van der Waals surface area contributed by atoms with Crippen molar-refractivity contribution in [1.29, 1.82) is 5.26 Å². The predicted molar refractivity (Wildman–Crippen MR) is 62.0 cm³/mol. The zero-order valence-corrected chi connectivity index (χ0v) is 10.4. The van der Waals surface area contributed by atoms with Crippen LogP contribution in [0, 0.1) is 18.3 Å². The molecule has 1 aliphatic heterocycles. The highest BCUT2D eigenvalue weighted by Gasteiger charge is 2.21. The van der Waals surface area contributed by atoms with Crippen LogP contribution in [0.2, 0.25) is 0 Å². The zero-order chi connectivity index (χ0) is 11.5. The highest BCUT2D eigenvalue weighted by atomic mass is 79.9. The van der Waals surface area contributed by atoms with Crippen LogP contribution in [0.5, 0.6) is 0 Å². The second kappa shape index (κ2) is 4.76. The monoisotopic (exact) mass is 282 g/mol. The third-order valence-corrected chi connectivity index (χ3v) is 2.73. The number of morpholine rings is 1. The summed E-state index contributed by atoms with van der Waals surface area (Å²) in [5.74, 6) is 1.55. The van der Waals surface area contributed by atoms with Crippen molar-refractivity contribution in [3.05, 3.63) is 16.5 Å². The second-order valence-corrected chi connectivity index (χ2v) is 4.34. The number of aryl methyl sites for hydroxylation is 1. The Labute approximate surface area is 102 Å². The first-order chi connectivity index (χ1) is 7.69. The molecule has 0 spiro atoms. The molecule has 0 bridgehead atoms. The number of anilines is 1. The van der Waals surface area contributed by atoms with Crippen molar-refractivity contribution in [2.75, 3.05) is 24.6 Å². The molecule has 1 saturated heterocycles. The summed E-state index contributed by atoms with van der Waals surface area (Å²) in [4.78, 5) is 10.5. The molecular formula is C10H11BrN4O. The molecule has 1 unspecified atom stereocenters. The lowest BCUT2D eigenvalue weighted by molar-refractivity contribution is 0.0761. The molecule has 0 radical (unpaired) electrons. The number of hydrogen-bond acceptors (Lipinski definition) is 5. The number of hydrogen-bond donors (Lipinski definition) is 0. The van der Waals surface area contributed by atoms with Crippen molar-refractivity contribution in [2.45, 2.75) is 13.0 Å². The minimum Gasteiger partial charge on any atom is -0.360 e. The smallest absolute Gasteiger partial charge is 0.161 e. The van der Waals surface area contributed by atoms with Crippen LogP contribution >= 0.6 is 15.9 Å². The minimum atomic E-state index is -0.372. The number of rotatable bonds is 1. The fourth-order valence-corrected chi connectivity index (χ4v) is 2.08. The number of nitrogens with zero attached hydrogens (tertiary/aromatic N) is 4. The number of nitriles is 1. The van der Waals surface area contributed by atoms with Crippen LogP contribution in [-0.2, 0) is 4.74 Å². The summed E-state index contributed by atoms with van der Waals surface area (Å²) in [6, 6.07) is 3.97. The van der Waals surface area contributed by atoms with Gasteiger partial charge in [-0.1, -0.05) is 0 Å². The lowest BCUT2D eigenvalue weighted by Crippen LogP contribution is -2.42. The van der Waals surface area contributed by atoms with E-state index < -0.39 is 0 Å². The fraction of sp³-hybridized carbons (Fsp3) is 0.500. The Hall–Kier alpha value is -1.19. The van der Waals surface area contributed by atoms with Crippen LogP contribution in [0.4, 0.5) is 5.82 Å². The predicted octanol–water partition coefficient (Wildman–Crippen LogP) is 1.28. The first-order valence-electron chi connectivity index (χ1n) is 4.96. The maximum atomic E-state index is 8.82. The molecule has 1 atom stereocenters. The van der Waals surface area contributed by atoms with Gasteiger partial charge in [0.15, 0.2) is 6.10 Å². The Balaban J connectivity index is 2.20. The third kappa shape index (κ3) is 2.49. The molecule has 5 nitrogen and oxygen atoms in total. The van der Waals surface area contributed by atoms with Gasteiger partial charge in [0.2, 0.25) is 0 Å². The van der Waals surface area contributed by atoms with Gasteiger partial charge in [0.25, 0.3) is 0 Å². The van der Waals surface area contributed by atoms with Crippen LogP contribution in [0.25, 0.3) is 0 Å². The molecular weight excluding hydrogens is 272 g/mol. The summed E-state index contributed by atoms with van der Waals surface area (Å²) in [7, 11) is 0. The lowest BCUT2D eigenvalue weighted by atomic mass is 10.3. The molecule has 1 aromatic rings. The molecule has 1 aromatic heterocycles. The van der Waals surface area contributed by atoms with Gasteiger partial charge >= 0.3 is 0 Å². The summed E-state index contributed by atoms with van der Waals surface area (Å²) in [6.45, 7) is 3.70. The SMILES string of the molecule is Cc1nc(Br)cc(N2CCOC(C#N)C2)n1. The average molecular weight is 283 g/mol. The molecule has 0 N–H and O–H groups in total. The molecule has 1 aliphatic rings. The van der Waals surface area contributed by atoms with Crippen molar-refractivity contribution < 1.29 is 4.74 Å². The summed E-state index contributed by atoms with van der Waals surface area (Å²) in [5.41, 5.74) is 0. The van der Waals surface area contributed by atoms with Gasteiger partial charge in [-0.05, 0) is 22.9 Å².